The molecule has 1 amide bonds. The summed E-state index contributed by atoms with van der Waals surface area (Å²) in [5.74, 6) is -0.455. The maximum atomic E-state index is 12.8. The average Bonchev–Trinajstić information content (AvgIpc) is 2.76. The molecule has 8 nitrogen and oxygen atoms in total. The first-order valence-electron chi connectivity index (χ1n) is 10.1. The molecule has 0 aromatic carbocycles. The molecule has 8 heteroatoms. The second-order valence-corrected chi connectivity index (χ2v) is 8.74. The predicted molar refractivity (Wildman–Crippen MR) is 111 cm³/mol. The monoisotopic (exact) mass is 406 g/mol. The molecular formula is C21H34N4O4. The van der Waals surface area contributed by atoms with E-state index in [1.54, 1.807) is 13.8 Å². The average molecular weight is 407 g/mol. The van der Waals surface area contributed by atoms with Crippen molar-refractivity contribution < 1.29 is 19.1 Å². The molecule has 1 aromatic rings. The number of rotatable bonds is 6. The van der Waals surface area contributed by atoms with Crippen LogP contribution in [-0.4, -0.2) is 84.4 Å². The van der Waals surface area contributed by atoms with Crippen LogP contribution in [0.15, 0.2) is 0 Å². The van der Waals surface area contributed by atoms with E-state index in [0.717, 1.165) is 32.6 Å². The van der Waals surface area contributed by atoms with Gasteiger partial charge in [0.2, 0.25) is 5.91 Å². The van der Waals surface area contributed by atoms with Gasteiger partial charge in [0.1, 0.15) is 0 Å². The molecule has 0 unspecified atom stereocenters. The predicted octanol–water partition coefficient (Wildman–Crippen LogP) is 1.52. The fourth-order valence-corrected chi connectivity index (χ4v) is 3.72. The molecule has 162 valence electrons. The highest BCUT2D eigenvalue weighted by Gasteiger charge is 2.25. The van der Waals surface area contributed by atoms with E-state index in [4.69, 9.17) is 4.74 Å². The van der Waals surface area contributed by atoms with Crippen molar-refractivity contribution in [3.05, 3.63) is 22.5 Å². The van der Waals surface area contributed by atoms with Crippen LogP contribution in [0, 0.1) is 13.8 Å². The summed E-state index contributed by atoms with van der Waals surface area (Å²) in [5, 5.41) is 2.99. The summed E-state index contributed by atoms with van der Waals surface area (Å²) in [5.41, 5.74) is 1.94. The number of methoxy groups -OCH3 is 1. The first-order valence-corrected chi connectivity index (χ1v) is 10.1. The van der Waals surface area contributed by atoms with E-state index in [9.17, 15) is 14.4 Å². The van der Waals surface area contributed by atoms with E-state index in [2.05, 4.69) is 20.1 Å². The van der Waals surface area contributed by atoms with Crippen molar-refractivity contribution in [3.63, 3.8) is 0 Å². The van der Waals surface area contributed by atoms with Gasteiger partial charge in [-0.25, -0.2) is 4.79 Å². The number of esters is 1. The SMILES string of the molecule is COC(=O)c1c(C)[nH]c(C(=O)CN2CCCN(CC(=O)NC(C)(C)C)CC2)c1C. The number of aromatic nitrogens is 1. The minimum atomic E-state index is -0.436. The number of aryl methyl sites for hydroxylation is 1. The number of hydrogen-bond donors (Lipinski definition) is 2. The molecule has 2 N–H and O–H groups in total. The molecule has 0 spiro atoms. The number of carbonyl (C=O) groups excluding carboxylic acids is 3. The van der Waals surface area contributed by atoms with Crippen molar-refractivity contribution in [2.75, 3.05) is 46.4 Å². The summed E-state index contributed by atoms with van der Waals surface area (Å²) in [7, 11) is 1.33. The fourth-order valence-electron chi connectivity index (χ4n) is 3.72. The topological polar surface area (TPSA) is 94.7 Å². The largest absolute Gasteiger partial charge is 0.465 e. The maximum Gasteiger partial charge on any atom is 0.339 e. The Morgan fingerprint density at radius 3 is 2.17 bits per heavy atom. The van der Waals surface area contributed by atoms with E-state index in [-0.39, 0.29) is 23.8 Å². The highest BCUT2D eigenvalue weighted by molar-refractivity contribution is 6.02. The lowest BCUT2D eigenvalue weighted by Crippen LogP contribution is -2.46. The van der Waals surface area contributed by atoms with Crippen LogP contribution in [0.1, 0.15) is 59.3 Å². The molecule has 1 aromatic heterocycles. The lowest BCUT2D eigenvalue weighted by molar-refractivity contribution is -0.123. The molecule has 0 saturated carbocycles. The molecule has 2 heterocycles. The smallest absolute Gasteiger partial charge is 0.339 e. The highest BCUT2D eigenvalue weighted by Crippen LogP contribution is 2.20. The van der Waals surface area contributed by atoms with Gasteiger partial charge in [-0.2, -0.15) is 0 Å². The minimum Gasteiger partial charge on any atom is -0.465 e. The number of H-pyrrole nitrogens is 1. The summed E-state index contributed by atoms with van der Waals surface area (Å²) in [6, 6.07) is 0. The molecule has 0 radical (unpaired) electrons. The Balaban J connectivity index is 1.94. The van der Waals surface area contributed by atoms with Gasteiger partial charge in [0.15, 0.2) is 5.78 Å². The molecule has 1 aliphatic heterocycles. The first kappa shape index (κ1) is 23.1. The Labute approximate surface area is 173 Å². The highest BCUT2D eigenvalue weighted by atomic mass is 16.5. The van der Waals surface area contributed by atoms with Crippen molar-refractivity contribution in [2.45, 2.75) is 46.6 Å². The molecule has 0 atom stereocenters. The summed E-state index contributed by atoms with van der Waals surface area (Å²) >= 11 is 0. The standard InChI is InChI=1S/C21H34N4O4/c1-14-18(20(28)29-6)15(2)22-19(14)16(26)12-24-8-7-9-25(11-10-24)13-17(27)23-21(3,4)5/h22H,7-13H2,1-6H3,(H,23,27). The lowest BCUT2D eigenvalue weighted by atomic mass is 10.1. The summed E-state index contributed by atoms with van der Waals surface area (Å²) in [6.07, 6.45) is 0.895. The van der Waals surface area contributed by atoms with Gasteiger partial charge < -0.3 is 15.0 Å². The van der Waals surface area contributed by atoms with Gasteiger partial charge in [-0.3, -0.25) is 19.4 Å². The number of ketones is 1. The number of Topliss-reactive ketones (excluding diaryl/α,β-unsaturated/α-hetero) is 1. The first-order chi connectivity index (χ1) is 13.5. The number of ether oxygens (including phenoxy) is 1. The number of hydrogen-bond acceptors (Lipinski definition) is 6. The lowest BCUT2D eigenvalue weighted by Gasteiger charge is -2.25. The van der Waals surface area contributed by atoms with Crippen LogP contribution >= 0.6 is 0 Å². The van der Waals surface area contributed by atoms with Crippen LogP contribution in [0.25, 0.3) is 0 Å². The molecule has 2 rings (SSSR count). The Bertz CT molecular complexity index is 763. The number of carbonyl (C=O) groups is 3. The van der Waals surface area contributed by atoms with Gasteiger partial charge in [-0.15, -0.1) is 0 Å². The van der Waals surface area contributed by atoms with E-state index >= 15 is 0 Å². The van der Waals surface area contributed by atoms with Gasteiger partial charge >= 0.3 is 5.97 Å². The number of amides is 1. The van der Waals surface area contributed by atoms with Crippen LogP contribution in [-0.2, 0) is 9.53 Å². The number of aromatic amines is 1. The zero-order valence-electron chi connectivity index (χ0n) is 18.5. The van der Waals surface area contributed by atoms with E-state index in [1.807, 2.05) is 20.8 Å². The van der Waals surface area contributed by atoms with Crippen LogP contribution < -0.4 is 5.32 Å². The van der Waals surface area contributed by atoms with Gasteiger partial charge in [0.05, 0.1) is 31.5 Å². The van der Waals surface area contributed by atoms with Crippen molar-refractivity contribution >= 4 is 17.7 Å². The van der Waals surface area contributed by atoms with Gasteiger partial charge in [-0.1, -0.05) is 0 Å². The normalized spacial score (nSPS) is 16.3. The van der Waals surface area contributed by atoms with Crippen LogP contribution in [0.2, 0.25) is 0 Å². The van der Waals surface area contributed by atoms with Crippen molar-refractivity contribution in [1.82, 2.24) is 20.1 Å². The number of nitrogens with zero attached hydrogens (tertiary/aromatic N) is 2. The third-order valence-corrected chi connectivity index (χ3v) is 5.04. The quantitative estimate of drug-likeness (QED) is 0.550. The van der Waals surface area contributed by atoms with Crippen molar-refractivity contribution in [1.29, 1.82) is 0 Å². The fraction of sp³-hybridized carbons (Fsp3) is 0.667. The number of nitrogens with one attached hydrogen (secondary N) is 2. The zero-order valence-corrected chi connectivity index (χ0v) is 18.5. The van der Waals surface area contributed by atoms with Crippen molar-refractivity contribution in [3.8, 4) is 0 Å². The molecular weight excluding hydrogens is 372 g/mol. The third-order valence-electron chi connectivity index (χ3n) is 5.04. The van der Waals surface area contributed by atoms with E-state index < -0.39 is 5.97 Å². The third kappa shape index (κ3) is 6.40. The molecule has 1 aliphatic rings. The van der Waals surface area contributed by atoms with E-state index in [0.29, 0.717) is 29.1 Å². The Morgan fingerprint density at radius 2 is 1.62 bits per heavy atom. The summed E-state index contributed by atoms with van der Waals surface area (Å²) in [6.45, 7) is 13.2. The summed E-state index contributed by atoms with van der Waals surface area (Å²) < 4.78 is 4.81. The Morgan fingerprint density at radius 1 is 1.03 bits per heavy atom. The van der Waals surface area contributed by atoms with Gasteiger partial charge in [-0.05, 0) is 59.7 Å². The second-order valence-electron chi connectivity index (χ2n) is 8.74. The molecule has 1 fully saturated rings. The Hall–Kier alpha value is -2.19. The molecule has 0 aliphatic carbocycles. The minimum absolute atomic E-state index is 0.0230. The Kier molecular flexibility index (Phi) is 7.60. The molecule has 0 bridgehead atoms. The van der Waals surface area contributed by atoms with Gasteiger partial charge in [0.25, 0.3) is 0 Å². The van der Waals surface area contributed by atoms with Crippen LogP contribution in [0.3, 0.4) is 0 Å². The second kappa shape index (κ2) is 9.54. The van der Waals surface area contributed by atoms with Gasteiger partial charge in [0, 0.05) is 24.3 Å². The molecule has 1 saturated heterocycles. The summed E-state index contributed by atoms with van der Waals surface area (Å²) in [4.78, 5) is 44.2. The molecule has 29 heavy (non-hydrogen) atoms. The maximum absolute atomic E-state index is 12.8. The van der Waals surface area contributed by atoms with Crippen LogP contribution in [0.5, 0.6) is 0 Å². The van der Waals surface area contributed by atoms with Crippen LogP contribution in [0.4, 0.5) is 0 Å². The van der Waals surface area contributed by atoms with Crippen molar-refractivity contribution in [2.24, 2.45) is 0 Å². The van der Waals surface area contributed by atoms with E-state index in [1.165, 1.54) is 7.11 Å². The zero-order chi connectivity index (χ0) is 21.8.